The topological polar surface area (TPSA) is 38.5 Å². The third-order valence-electron chi connectivity index (χ3n) is 3.09. The zero-order chi connectivity index (χ0) is 10.4. The minimum Gasteiger partial charge on any atom is -0.377 e. The van der Waals surface area contributed by atoms with Gasteiger partial charge in [0.1, 0.15) is 0 Å². The highest BCUT2D eigenvalue weighted by Gasteiger charge is 2.19. The zero-order valence-corrected chi connectivity index (χ0v) is 9.54. The molecule has 2 atom stereocenters. The monoisotopic (exact) mass is 200 g/mol. The van der Waals surface area contributed by atoms with Gasteiger partial charge in [-0.3, -0.25) is 0 Å². The number of likely N-dealkylation sites (N-methyl/N-ethyl adjacent to an activating group) is 1. The predicted molar refractivity (Wildman–Crippen MR) is 59.4 cm³/mol. The summed E-state index contributed by atoms with van der Waals surface area (Å²) in [7, 11) is 2.18. The molecule has 1 fully saturated rings. The SMILES string of the molecule is CC(CCCN)N(C)CC1CCCO1. The van der Waals surface area contributed by atoms with Gasteiger partial charge < -0.3 is 15.4 Å². The van der Waals surface area contributed by atoms with Gasteiger partial charge in [0.2, 0.25) is 0 Å². The Hall–Kier alpha value is -0.120. The van der Waals surface area contributed by atoms with Crippen molar-refractivity contribution >= 4 is 0 Å². The number of rotatable bonds is 6. The van der Waals surface area contributed by atoms with Crippen LogP contribution in [0, 0.1) is 0 Å². The summed E-state index contributed by atoms with van der Waals surface area (Å²) in [4.78, 5) is 2.39. The third kappa shape index (κ3) is 3.95. The Bertz CT molecular complexity index is 146. The van der Waals surface area contributed by atoms with E-state index in [2.05, 4.69) is 18.9 Å². The third-order valence-corrected chi connectivity index (χ3v) is 3.09. The van der Waals surface area contributed by atoms with Gasteiger partial charge in [-0.25, -0.2) is 0 Å². The van der Waals surface area contributed by atoms with Gasteiger partial charge in [-0.05, 0) is 46.2 Å². The van der Waals surface area contributed by atoms with Gasteiger partial charge in [-0.1, -0.05) is 0 Å². The molecule has 0 aromatic rings. The molecule has 1 saturated heterocycles. The summed E-state index contributed by atoms with van der Waals surface area (Å²) in [6.45, 7) is 5.10. The Labute approximate surface area is 87.6 Å². The zero-order valence-electron chi connectivity index (χ0n) is 9.54. The van der Waals surface area contributed by atoms with Crippen LogP contribution in [0.5, 0.6) is 0 Å². The number of ether oxygens (including phenoxy) is 1. The minimum atomic E-state index is 0.473. The van der Waals surface area contributed by atoms with Gasteiger partial charge in [0, 0.05) is 19.2 Å². The van der Waals surface area contributed by atoms with Crippen molar-refractivity contribution in [3.63, 3.8) is 0 Å². The molecule has 2 unspecified atom stereocenters. The Kier molecular flexibility index (Phi) is 5.45. The molecule has 0 saturated carbocycles. The van der Waals surface area contributed by atoms with Crippen molar-refractivity contribution in [3.8, 4) is 0 Å². The lowest BCUT2D eigenvalue weighted by molar-refractivity contribution is 0.0690. The summed E-state index contributed by atoms with van der Waals surface area (Å²) in [5.74, 6) is 0. The van der Waals surface area contributed by atoms with E-state index in [9.17, 15) is 0 Å². The van der Waals surface area contributed by atoms with Gasteiger partial charge in [0.15, 0.2) is 0 Å². The van der Waals surface area contributed by atoms with Gasteiger partial charge in [0.25, 0.3) is 0 Å². The van der Waals surface area contributed by atoms with Crippen LogP contribution < -0.4 is 5.73 Å². The van der Waals surface area contributed by atoms with Crippen LogP contribution in [0.4, 0.5) is 0 Å². The molecular formula is C11H24N2O. The van der Waals surface area contributed by atoms with Crippen molar-refractivity contribution in [1.82, 2.24) is 4.90 Å². The molecular weight excluding hydrogens is 176 g/mol. The molecule has 3 heteroatoms. The lowest BCUT2D eigenvalue weighted by atomic mass is 10.1. The Balaban J connectivity index is 2.15. The largest absolute Gasteiger partial charge is 0.377 e. The molecule has 3 nitrogen and oxygen atoms in total. The van der Waals surface area contributed by atoms with Crippen LogP contribution in [-0.4, -0.2) is 43.8 Å². The van der Waals surface area contributed by atoms with Crippen molar-refractivity contribution in [2.45, 2.75) is 44.8 Å². The van der Waals surface area contributed by atoms with Crippen molar-refractivity contribution in [1.29, 1.82) is 0 Å². The van der Waals surface area contributed by atoms with Crippen LogP contribution >= 0.6 is 0 Å². The lowest BCUT2D eigenvalue weighted by Crippen LogP contribution is -2.35. The van der Waals surface area contributed by atoms with Gasteiger partial charge in [-0.15, -0.1) is 0 Å². The number of nitrogens with zero attached hydrogens (tertiary/aromatic N) is 1. The fourth-order valence-electron chi connectivity index (χ4n) is 1.92. The fraction of sp³-hybridized carbons (Fsp3) is 1.00. The molecule has 1 aliphatic heterocycles. The first-order chi connectivity index (χ1) is 6.74. The molecule has 1 rings (SSSR count). The first-order valence-corrected chi connectivity index (χ1v) is 5.76. The van der Waals surface area contributed by atoms with Crippen LogP contribution in [0.2, 0.25) is 0 Å². The first kappa shape index (κ1) is 12.0. The van der Waals surface area contributed by atoms with Crippen molar-refractivity contribution < 1.29 is 4.74 Å². The summed E-state index contributed by atoms with van der Waals surface area (Å²) in [5.41, 5.74) is 5.50. The number of hydrogen-bond donors (Lipinski definition) is 1. The average molecular weight is 200 g/mol. The van der Waals surface area contributed by atoms with Crippen LogP contribution in [0.1, 0.15) is 32.6 Å². The molecule has 0 spiro atoms. The maximum atomic E-state index is 5.61. The molecule has 0 aromatic heterocycles. The molecule has 0 aromatic carbocycles. The molecule has 0 amide bonds. The van der Waals surface area contributed by atoms with E-state index in [1.54, 1.807) is 0 Å². The molecule has 0 radical (unpaired) electrons. The van der Waals surface area contributed by atoms with E-state index in [-0.39, 0.29) is 0 Å². The summed E-state index contributed by atoms with van der Waals surface area (Å²) >= 11 is 0. The second-order valence-electron chi connectivity index (χ2n) is 4.35. The Morgan fingerprint density at radius 2 is 2.36 bits per heavy atom. The molecule has 1 heterocycles. The number of nitrogens with two attached hydrogens (primary N) is 1. The van der Waals surface area contributed by atoms with E-state index in [0.29, 0.717) is 12.1 Å². The minimum absolute atomic E-state index is 0.473. The second-order valence-corrected chi connectivity index (χ2v) is 4.35. The quantitative estimate of drug-likeness (QED) is 0.701. The van der Waals surface area contributed by atoms with Crippen LogP contribution in [0.15, 0.2) is 0 Å². The van der Waals surface area contributed by atoms with E-state index in [4.69, 9.17) is 10.5 Å². The second kappa shape index (κ2) is 6.38. The summed E-state index contributed by atoms with van der Waals surface area (Å²) in [6.07, 6.45) is 5.25. The van der Waals surface area contributed by atoms with E-state index >= 15 is 0 Å². The van der Waals surface area contributed by atoms with E-state index in [1.807, 2.05) is 0 Å². The summed E-state index contributed by atoms with van der Waals surface area (Å²) < 4.78 is 5.61. The smallest absolute Gasteiger partial charge is 0.0702 e. The molecule has 84 valence electrons. The van der Waals surface area contributed by atoms with Crippen LogP contribution in [-0.2, 0) is 4.74 Å². The number of hydrogen-bond acceptors (Lipinski definition) is 3. The highest BCUT2D eigenvalue weighted by molar-refractivity contribution is 4.72. The van der Waals surface area contributed by atoms with E-state index in [0.717, 1.165) is 26.1 Å². The fourth-order valence-corrected chi connectivity index (χ4v) is 1.92. The Morgan fingerprint density at radius 3 is 2.93 bits per heavy atom. The molecule has 2 N–H and O–H groups in total. The molecule has 14 heavy (non-hydrogen) atoms. The highest BCUT2D eigenvalue weighted by atomic mass is 16.5. The van der Waals surface area contributed by atoms with Crippen molar-refractivity contribution in [2.24, 2.45) is 5.73 Å². The average Bonchev–Trinajstić information content (AvgIpc) is 2.66. The maximum Gasteiger partial charge on any atom is 0.0702 e. The van der Waals surface area contributed by atoms with E-state index in [1.165, 1.54) is 19.3 Å². The normalized spacial score (nSPS) is 24.4. The van der Waals surface area contributed by atoms with E-state index < -0.39 is 0 Å². The molecule has 0 bridgehead atoms. The lowest BCUT2D eigenvalue weighted by Gasteiger charge is -2.26. The van der Waals surface area contributed by atoms with Crippen molar-refractivity contribution in [2.75, 3.05) is 26.7 Å². The van der Waals surface area contributed by atoms with Crippen LogP contribution in [0.25, 0.3) is 0 Å². The predicted octanol–water partition coefficient (Wildman–Crippen LogP) is 1.22. The van der Waals surface area contributed by atoms with Gasteiger partial charge in [0.05, 0.1) is 6.10 Å². The van der Waals surface area contributed by atoms with Gasteiger partial charge in [-0.2, -0.15) is 0 Å². The first-order valence-electron chi connectivity index (χ1n) is 5.76. The van der Waals surface area contributed by atoms with Gasteiger partial charge >= 0.3 is 0 Å². The molecule has 1 aliphatic rings. The van der Waals surface area contributed by atoms with Crippen molar-refractivity contribution in [3.05, 3.63) is 0 Å². The Morgan fingerprint density at radius 1 is 1.57 bits per heavy atom. The maximum absolute atomic E-state index is 5.61. The standard InChI is InChI=1S/C11H24N2O/c1-10(5-3-7-12)13(2)9-11-6-4-8-14-11/h10-11H,3-9,12H2,1-2H3. The van der Waals surface area contributed by atoms with Crippen LogP contribution in [0.3, 0.4) is 0 Å². The molecule has 0 aliphatic carbocycles. The highest BCUT2D eigenvalue weighted by Crippen LogP contribution is 2.14. The summed E-state index contributed by atoms with van der Waals surface area (Å²) in [6, 6.07) is 0.628. The summed E-state index contributed by atoms with van der Waals surface area (Å²) in [5, 5.41) is 0.